The average Bonchev–Trinajstić information content (AvgIpc) is 2.93. The van der Waals surface area contributed by atoms with E-state index in [1.54, 1.807) is 18.5 Å². The normalized spacial score (nSPS) is 20.1. The largest absolute Gasteiger partial charge is 0.309 e. The van der Waals surface area contributed by atoms with Crippen molar-refractivity contribution in [3.05, 3.63) is 78.2 Å². The predicted molar refractivity (Wildman–Crippen MR) is 134 cm³/mol. The lowest BCUT2D eigenvalue weighted by Crippen LogP contribution is -2.40. The van der Waals surface area contributed by atoms with Gasteiger partial charge < -0.3 is 15.6 Å². The van der Waals surface area contributed by atoms with Crippen LogP contribution < -0.4 is 10.7 Å². The molecular weight excluding hydrogens is 401 g/mol. The molecule has 0 amide bonds. The minimum Gasteiger partial charge on any atom is -0.309 e. The number of hydrogen-bond donors (Lipinski definition) is 2. The van der Waals surface area contributed by atoms with E-state index in [0.29, 0.717) is 12.6 Å². The van der Waals surface area contributed by atoms with E-state index in [1.165, 1.54) is 11.6 Å². The fourth-order valence-corrected chi connectivity index (χ4v) is 3.54. The zero-order valence-electron chi connectivity index (χ0n) is 19.5. The van der Waals surface area contributed by atoms with Crippen molar-refractivity contribution in [3.8, 4) is 0 Å². The maximum Gasteiger partial charge on any atom is 0.108 e. The summed E-state index contributed by atoms with van der Waals surface area (Å²) in [6.07, 6.45) is 21.5. The highest BCUT2D eigenvalue weighted by Gasteiger charge is 2.11. The molecule has 1 aliphatic rings. The molecule has 2 rings (SSSR count). The van der Waals surface area contributed by atoms with Crippen LogP contribution in [0.4, 0.5) is 4.39 Å². The Morgan fingerprint density at radius 1 is 1.25 bits per heavy atom. The number of rotatable bonds is 13. The summed E-state index contributed by atoms with van der Waals surface area (Å²) in [7, 11) is 2.16. The number of nitrogens with one attached hydrogen (secondary N) is 2. The Morgan fingerprint density at radius 2 is 2.06 bits per heavy atom. The molecule has 0 aliphatic carbocycles. The summed E-state index contributed by atoms with van der Waals surface area (Å²) in [6.45, 7) is 5.37. The van der Waals surface area contributed by atoms with Gasteiger partial charge in [0.05, 0.1) is 12.3 Å². The topological polar surface area (TPSA) is 52.5 Å². The second kappa shape index (κ2) is 16.1. The van der Waals surface area contributed by atoms with Gasteiger partial charge in [-0.25, -0.2) is 4.39 Å². The quantitative estimate of drug-likeness (QED) is 0.447. The van der Waals surface area contributed by atoms with Crippen LogP contribution >= 0.6 is 0 Å². The van der Waals surface area contributed by atoms with Crippen molar-refractivity contribution >= 4 is 5.71 Å². The number of allylic oxidation sites excluding steroid dienone is 4. The molecule has 1 atom stereocenters. The SMILES string of the molecule is CCCC(CN(C)CC/C=C\C=C/CF)NCC1=C/C/C(c2ccncc2)=N\NC/C=C\1. The number of aromatic nitrogens is 1. The van der Waals surface area contributed by atoms with Gasteiger partial charge in [0.25, 0.3) is 0 Å². The van der Waals surface area contributed by atoms with Gasteiger partial charge in [0.2, 0.25) is 0 Å². The second-order valence-corrected chi connectivity index (χ2v) is 7.97. The first kappa shape index (κ1) is 25.7. The van der Waals surface area contributed by atoms with Crippen LogP contribution in [-0.4, -0.2) is 61.5 Å². The van der Waals surface area contributed by atoms with E-state index in [-0.39, 0.29) is 0 Å². The summed E-state index contributed by atoms with van der Waals surface area (Å²) < 4.78 is 12.1. The van der Waals surface area contributed by atoms with Gasteiger partial charge in [0.1, 0.15) is 6.67 Å². The van der Waals surface area contributed by atoms with E-state index in [0.717, 1.165) is 56.6 Å². The van der Waals surface area contributed by atoms with Crippen molar-refractivity contribution in [2.45, 2.75) is 38.6 Å². The van der Waals surface area contributed by atoms with Crippen LogP contribution in [0.5, 0.6) is 0 Å². The van der Waals surface area contributed by atoms with E-state index < -0.39 is 6.67 Å². The molecule has 1 aromatic heterocycles. The summed E-state index contributed by atoms with van der Waals surface area (Å²) >= 11 is 0. The first-order chi connectivity index (χ1) is 15.7. The number of pyridine rings is 1. The standard InChI is InChI=1S/C26H38FN5/c1-3-10-25(22-32(2)20-8-6-4-5-7-16-27)29-21-23-11-9-17-30-31-26(13-12-23)24-14-18-28-19-15-24/h4-7,9,11-12,14-15,18-19,25,29-30H,3,8,10,13,16-17,20-22H2,1-2H3/b6-4-,7-5-,11-9-,23-12+,31-26+. The fourth-order valence-electron chi connectivity index (χ4n) is 3.54. The molecule has 6 heteroatoms. The van der Waals surface area contributed by atoms with E-state index in [2.05, 4.69) is 64.0 Å². The molecule has 1 unspecified atom stereocenters. The Bertz CT molecular complexity index is 783. The molecule has 0 saturated carbocycles. The Balaban J connectivity index is 1.88. The smallest absolute Gasteiger partial charge is 0.108 e. The number of alkyl halides is 1. The molecule has 0 saturated heterocycles. The van der Waals surface area contributed by atoms with Gasteiger partial charge >= 0.3 is 0 Å². The number of hydrazone groups is 1. The van der Waals surface area contributed by atoms with E-state index >= 15 is 0 Å². The third-order valence-electron chi connectivity index (χ3n) is 5.24. The molecule has 2 heterocycles. The molecule has 5 nitrogen and oxygen atoms in total. The molecule has 1 aromatic rings. The summed E-state index contributed by atoms with van der Waals surface area (Å²) in [5, 5.41) is 8.31. The number of hydrogen-bond acceptors (Lipinski definition) is 5. The summed E-state index contributed by atoms with van der Waals surface area (Å²) in [4.78, 5) is 6.47. The molecule has 0 radical (unpaired) electrons. The highest BCUT2D eigenvalue weighted by molar-refractivity contribution is 6.01. The molecule has 1 aliphatic heterocycles. The number of halogens is 1. The molecule has 2 N–H and O–H groups in total. The summed E-state index contributed by atoms with van der Waals surface area (Å²) in [6, 6.07) is 4.43. The van der Waals surface area contributed by atoms with Gasteiger partial charge in [-0.05, 0) is 37.6 Å². The molecule has 0 fully saturated rings. The van der Waals surface area contributed by atoms with Gasteiger partial charge in [0.15, 0.2) is 0 Å². The van der Waals surface area contributed by atoms with Crippen LogP contribution in [0.2, 0.25) is 0 Å². The third-order valence-corrected chi connectivity index (χ3v) is 5.24. The predicted octanol–water partition coefficient (Wildman–Crippen LogP) is 4.42. The van der Waals surface area contributed by atoms with Crippen LogP contribution in [0.15, 0.2) is 77.7 Å². The van der Waals surface area contributed by atoms with Crippen LogP contribution in [0.1, 0.15) is 38.2 Å². The zero-order valence-corrected chi connectivity index (χ0v) is 19.5. The Hall–Kier alpha value is -2.57. The van der Waals surface area contributed by atoms with Crippen molar-refractivity contribution < 1.29 is 4.39 Å². The lowest BCUT2D eigenvalue weighted by molar-refractivity contribution is 0.287. The second-order valence-electron chi connectivity index (χ2n) is 7.97. The maximum absolute atomic E-state index is 12.1. The van der Waals surface area contributed by atoms with Gasteiger partial charge in [-0.1, -0.05) is 55.9 Å². The molecule has 0 spiro atoms. The minimum atomic E-state index is -0.408. The lowest BCUT2D eigenvalue weighted by Gasteiger charge is -2.25. The molecule has 174 valence electrons. The van der Waals surface area contributed by atoms with Crippen molar-refractivity contribution in [1.29, 1.82) is 0 Å². The van der Waals surface area contributed by atoms with E-state index in [4.69, 9.17) is 0 Å². The van der Waals surface area contributed by atoms with E-state index in [9.17, 15) is 4.39 Å². The van der Waals surface area contributed by atoms with Crippen molar-refractivity contribution in [1.82, 2.24) is 20.6 Å². The van der Waals surface area contributed by atoms with Gasteiger partial charge in [-0.2, -0.15) is 5.10 Å². The Morgan fingerprint density at radius 3 is 2.84 bits per heavy atom. The van der Waals surface area contributed by atoms with Crippen LogP contribution in [-0.2, 0) is 0 Å². The minimum absolute atomic E-state index is 0.408. The molecular formula is C26H38FN5. The zero-order chi connectivity index (χ0) is 22.9. The summed E-state index contributed by atoms with van der Waals surface area (Å²) in [5.41, 5.74) is 6.53. The third kappa shape index (κ3) is 10.6. The Labute approximate surface area is 192 Å². The molecule has 32 heavy (non-hydrogen) atoms. The molecule has 0 bridgehead atoms. The lowest BCUT2D eigenvalue weighted by atomic mass is 10.1. The first-order valence-corrected chi connectivity index (χ1v) is 11.6. The highest BCUT2D eigenvalue weighted by Crippen LogP contribution is 2.09. The highest BCUT2D eigenvalue weighted by atomic mass is 19.1. The maximum atomic E-state index is 12.1. The van der Waals surface area contributed by atoms with Gasteiger partial charge in [-0.15, -0.1) is 0 Å². The summed E-state index contributed by atoms with van der Waals surface area (Å²) in [5.74, 6) is 0. The van der Waals surface area contributed by atoms with Crippen LogP contribution in [0.3, 0.4) is 0 Å². The average molecular weight is 440 g/mol. The first-order valence-electron chi connectivity index (χ1n) is 11.6. The molecule has 0 aromatic carbocycles. The van der Waals surface area contributed by atoms with Gasteiger partial charge in [-0.3, -0.25) is 4.98 Å². The van der Waals surface area contributed by atoms with Gasteiger partial charge in [0, 0.05) is 50.1 Å². The Kier molecular flexibility index (Phi) is 12.9. The van der Waals surface area contributed by atoms with Crippen LogP contribution in [0, 0.1) is 0 Å². The van der Waals surface area contributed by atoms with Crippen molar-refractivity contribution in [2.24, 2.45) is 5.10 Å². The van der Waals surface area contributed by atoms with E-state index in [1.807, 2.05) is 18.2 Å². The van der Waals surface area contributed by atoms with Crippen molar-refractivity contribution in [2.75, 3.05) is 39.9 Å². The van der Waals surface area contributed by atoms with Crippen molar-refractivity contribution in [3.63, 3.8) is 0 Å². The monoisotopic (exact) mass is 439 g/mol. The van der Waals surface area contributed by atoms with Crippen LogP contribution in [0.25, 0.3) is 0 Å². The number of likely N-dealkylation sites (N-methyl/N-ethyl adjacent to an activating group) is 1. The number of nitrogens with zero attached hydrogens (tertiary/aromatic N) is 3. The fraction of sp³-hybridized carbons (Fsp3) is 0.462.